The van der Waals surface area contributed by atoms with Crippen LogP contribution in [-0.4, -0.2) is 25.9 Å². The summed E-state index contributed by atoms with van der Waals surface area (Å²) in [6, 6.07) is 1.75. The molecular weight excluding hydrogens is 323 g/mol. The van der Waals surface area contributed by atoms with Crippen molar-refractivity contribution in [2.45, 2.75) is 44.2 Å². The highest BCUT2D eigenvalue weighted by atomic mass is 19.4. The molecule has 1 amide bonds. The number of H-pyrrole nitrogens is 1. The summed E-state index contributed by atoms with van der Waals surface area (Å²) in [7, 11) is 1.20. The Bertz CT molecular complexity index is 728. The first-order chi connectivity index (χ1) is 11.3. The number of carbonyl (C=O) groups excluding carboxylic acids is 1. The Morgan fingerprint density at radius 1 is 1.42 bits per heavy atom. The molecule has 6 nitrogen and oxygen atoms in total. The van der Waals surface area contributed by atoms with Gasteiger partial charge in [0.2, 0.25) is 5.91 Å². The summed E-state index contributed by atoms with van der Waals surface area (Å²) < 4.78 is 39.7. The predicted molar refractivity (Wildman–Crippen MR) is 80.3 cm³/mol. The predicted octanol–water partition coefficient (Wildman–Crippen LogP) is 3.00. The summed E-state index contributed by atoms with van der Waals surface area (Å²) in [4.78, 5) is 12.0. The molecule has 1 aliphatic carbocycles. The summed E-state index contributed by atoms with van der Waals surface area (Å²) in [5.74, 6) is 0.190. The molecule has 130 valence electrons. The quantitative estimate of drug-likeness (QED) is 0.898. The molecule has 0 radical (unpaired) electrons. The van der Waals surface area contributed by atoms with Crippen LogP contribution in [-0.2, 0) is 24.4 Å². The van der Waals surface area contributed by atoms with E-state index in [1.165, 1.54) is 19.9 Å². The Morgan fingerprint density at radius 3 is 2.79 bits per heavy atom. The van der Waals surface area contributed by atoms with Crippen molar-refractivity contribution in [3.63, 3.8) is 0 Å². The summed E-state index contributed by atoms with van der Waals surface area (Å²) in [5.41, 5.74) is -0.111. The fraction of sp³-hybridized carbons (Fsp3) is 0.533. The Balaban J connectivity index is 1.66. The van der Waals surface area contributed by atoms with E-state index < -0.39 is 24.2 Å². The second-order valence-corrected chi connectivity index (χ2v) is 6.05. The van der Waals surface area contributed by atoms with Crippen LogP contribution in [0.4, 0.5) is 19.0 Å². The molecule has 9 heteroatoms. The molecule has 1 aliphatic rings. The van der Waals surface area contributed by atoms with Crippen LogP contribution in [0.2, 0.25) is 0 Å². The zero-order chi connectivity index (χ0) is 17.3. The van der Waals surface area contributed by atoms with Gasteiger partial charge in [-0.05, 0) is 12.8 Å². The van der Waals surface area contributed by atoms with E-state index in [4.69, 9.17) is 0 Å². The molecule has 0 aliphatic heterocycles. The average molecular weight is 341 g/mol. The number of hydrogen-bond donors (Lipinski definition) is 2. The molecule has 1 fully saturated rings. The molecule has 0 spiro atoms. The lowest BCUT2D eigenvalue weighted by Crippen LogP contribution is -2.19. The maximum absolute atomic E-state index is 13.0. The smallest absolute Gasteiger partial charge is 0.309 e. The number of amides is 1. The summed E-state index contributed by atoms with van der Waals surface area (Å²) in [6.07, 6.45) is 0.619. The summed E-state index contributed by atoms with van der Waals surface area (Å²) in [6.45, 7) is 0. The van der Waals surface area contributed by atoms with Crippen molar-refractivity contribution in [1.29, 1.82) is 0 Å². The van der Waals surface area contributed by atoms with Crippen LogP contribution < -0.4 is 5.32 Å². The molecule has 1 saturated carbocycles. The Hall–Kier alpha value is -2.32. The Labute approximate surface area is 136 Å². The fourth-order valence-corrected chi connectivity index (χ4v) is 3.18. The zero-order valence-corrected chi connectivity index (χ0v) is 13.2. The van der Waals surface area contributed by atoms with E-state index in [1.54, 1.807) is 6.07 Å². The van der Waals surface area contributed by atoms with E-state index >= 15 is 0 Å². The van der Waals surface area contributed by atoms with Crippen molar-refractivity contribution in [1.82, 2.24) is 20.0 Å². The first kappa shape index (κ1) is 16.5. The number of aryl methyl sites for hydroxylation is 1. The van der Waals surface area contributed by atoms with Crippen molar-refractivity contribution < 1.29 is 18.0 Å². The number of anilines is 1. The third-order valence-corrected chi connectivity index (χ3v) is 4.29. The summed E-state index contributed by atoms with van der Waals surface area (Å²) >= 11 is 0. The van der Waals surface area contributed by atoms with Crippen LogP contribution in [0.15, 0.2) is 12.3 Å². The number of nitrogens with zero attached hydrogens (tertiary/aromatic N) is 3. The number of halogens is 3. The van der Waals surface area contributed by atoms with Crippen LogP contribution in [0.5, 0.6) is 0 Å². The third-order valence-electron chi connectivity index (χ3n) is 4.29. The fourth-order valence-electron chi connectivity index (χ4n) is 3.18. The van der Waals surface area contributed by atoms with Crippen molar-refractivity contribution in [2.75, 3.05) is 5.32 Å². The molecule has 0 saturated heterocycles. The van der Waals surface area contributed by atoms with Gasteiger partial charge in [-0.1, -0.05) is 12.8 Å². The molecule has 24 heavy (non-hydrogen) atoms. The van der Waals surface area contributed by atoms with Gasteiger partial charge in [0.15, 0.2) is 5.82 Å². The monoisotopic (exact) mass is 341 g/mol. The standard InChI is InChI=1S/C15H18F3N5O/c1-23-14(15(16,17)18)10(8-19-23)6-13(24)20-12-7-11(21-22-12)9-4-2-3-5-9/h7-9H,2-6H2,1H3,(H2,20,21,22,24). The van der Waals surface area contributed by atoms with Crippen molar-refractivity contribution in [2.24, 2.45) is 7.05 Å². The molecule has 2 aromatic rings. The van der Waals surface area contributed by atoms with E-state index in [0.717, 1.165) is 29.4 Å². The average Bonchev–Trinajstić information content (AvgIpc) is 3.18. The Morgan fingerprint density at radius 2 is 2.12 bits per heavy atom. The van der Waals surface area contributed by atoms with Crippen LogP contribution in [0, 0.1) is 0 Å². The van der Waals surface area contributed by atoms with Gasteiger partial charge in [0.05, 0.1) is 12.6 Å². The SMILES string of the molecule is Cn1ncc(CC(=O)Nc2cc(C3CCCC3)[nH]n2)c1C(F)(F)F. The van der Waals surface area contributed by atoms with Gasteiger partial charge < -0.3 is 5.32 Å². The first-order valence-electron chi connectivity index (χ1n) is 7.78. The van der Waals surface area contributed by atoms with Crippen molar-refractivity contribution >= 4 is 11.7 Å². The number of aromatic amines is 1. The molecule has 2 N–H and O–H groups in total. The molecule has 0 atom stereocenters. The molecule has 2 heterocycles. The van der Waals surface area contributed by atoms with Crippen molar-refractivity contribution in [3.05, 3.63) is 29.2 Å². The maximum Gasteiger partial charge on any atom is 0.433 e. The van der Waals surface area contributed by atoms with Gasteiger partial charge in [0.1, 0.15) is 5.69 Å². The molecule has 3 rings (SSSR count). The van der Waals surface area contributed by atoms with Gasteiger partial charge in [-0.15, -0.1) is 0 Å². The number of hydrogen-bond acceptors (Lipinski definition) is 3. The lowest BCUT2D eigenvalue weighted by Gasteiger charge is -2.09. The van der Waals surface area contributed by atoms with Crippen molar-refractivity contribution in [3.8, 4) is 0 Å². The highest BCUT2D eigenvalue weighted by Crippen LogP contribution is 2.34. The second-order valence-electron chi connectivity index (χ2n) is 6.05. The number of carbonyl (C=O) groups is 1. The number of alkyl halides is 3. The van der Waals surface area contributed by atoms with Gasteiger partial charge in [0, 0.05) is 30.3 Å². The molecule has 0 aromatic carbocycles. The lowest BCUT2D eigenvalue weighted by atomic mass is 10.0. The van der Waals surface area contributed by atoms with Gasteiger partial charge in [-0.2, -0.15) is 23.4 Å². The van der Waals surface area contributed by atoms with E-state index in [-0.39, 0.29) is 5.56 Å². The largest absolute Gasteiger partial charge is 0.433 e. The number of rotatable bonds is 4. The molecule has 0 unspecified atom stereocenters. The molecule has 2 aromatic heterocycles. The van der Waals surface area contributed by atoms with Gasteiger partial charge in [-0.25, -0.2) is 0 Å². The van der Waals surface area contributed by atoms with E-state index in [0.29, 0.717) is 11.7 Å². The number of nitrogens with one attached hydrogen (secondary N) is 2. The van der Waals surface area contributed by atoms with Crippen LogP contribution in [0.25, 0.3) is 0 Å². The minimum atomic E-state index is -4.55. The summed E-state index contributed by atoms with van der Waals surface area (Å²) in [5, 5.41) is 13.0. The van der Waals surface area contributed by atoms with Gasteiger partial charge >= 0.3 is 6.18 Å². The normalized spacial score (nSPS) is 15.8. The Kier molecular flexibility index (Phi) is 4.33. The lowest BCUT2D eigenvalue weighted by molar-refractivity contribution is -0.144. The van der Waals surface area contributed by atoms with E-state index in [1.807, 2.05) is 0 Å². The van der Waals surface area contributed by atoms with Gasteiger partial charge in [-0.3, -0.25) is 14.6 Å². The third kappa shape index (κ3) is 3.44. The minimum Gasteiger partial charge on any atom is -0.309 e. The highest BCUT2D eigenvalue weighted by molar-refractivity contribution is 5.91. The maximum atomic E-state index is 13.0. The van der Waals surface area contributed by atoms with Crippen LogP contribution in [0.1, 0.15) is 48.6 Å². The number of aromatic nitrogens is 4. The molecule has 0 bridgehead atoms. The zero-order valence-electron chi connectivity index (χ0n) is 13.2. The van der Waals surface area contributed by atoms with E-state index in [2.05, 4.69) is 20.6 Å². The second kappa shape index (κ2) is 6.29. The highest BCUT2D eigenvalue weighted by Gasteiger charge is 2.37. The first-order valence-corrected chi connectivity index (χ1v) is 7.78. The topological polar surface area (TPSA) is 75.6 Å². The van der Waals surface area contributed by atoms with E-state index in [9.17, 15) is 18.0 Å². The molecular formula is C15H18F3N5O. The van der Waals surface area contributed by atoms with Crippen LogP contribution in [0.3, 0.4) is 0 Å². The van der Waals surface area contributed by atoms with Gasteiger partial charge in [0.25, 0.3) is 0 Å². The minimum absolute atomic E-state index is 0.158. The van der Waals surface area contributed by atoms with Crippen LogP contribution >= 0.6 is 0 Å².